The first kappa shape index (κ1) is 19.0. The lowest BCUT2D eigenvalue weighted by molar-refractivity contribution is 0.0531. The van der Waals surface area contributed by atoms with Crippen LogP contribution in [0.3, 0.4) is 0 Å². The Morgan fingerprint density at radius 1 is 1.35 bits per heavy atom. The fraction of sp³-hybridized carbons (Fsp3) is 0.632. The fourth-order valence-corrected chi connectivity index (χ4v) is 4.69. The summed E-state index contributed by atoms with van der Waals surface area (Å²) >= 11 is 1.27. The van der Waals surface area contributed by atoms with Gasteiger partial charge in [-0.1, -0.05) is 13.8 Å². The molecule has 0 radical (unpaired) electrons. The molecule has 6 nitrogen and oxygen atoms in total. The first-order valence-corrected chi connectivity index (χ1v) is 10.1. The van der Waals surface area contributed by atoms with Crippen LogP contribution in [0.2, 0.25) is 0 Å². The van der Waals surface area contributed by atoms with E-state index in [0.717, 1.165) is 31.8 Å². The Morgan fingerprint density at radius 3 is 2.58 bits per heavy atom. The van der Waals surface area contributed by atoms with E-state index in [1.807, 2.05) is 11.5 Å². The van der Waals surface area contributed by atoms with E-state index in [-0.39, 0.29) is 23.5 Å². The number of piperidine rings is 1. The Hall–Kier alpha value is -1.73. The van der Waals surface area contributed by atoms with Crippen molar-refractivity contribution in [1.29, 1.82) is 0 Å². The van der Waals surface area contributed by atoms with E-state index in [4.69, 9.17) is 9.72 Å². The molecule has 1 saturated heterocycles. The zero-order valence-electron chi connectivity index (χ0n) is 16.2. The number of carbonyl (C=O) groups excluding carboxylic acids is 1. The molecular weight excluding hydrogens is 350 g/mol. The van der Waals surface area contributed by atoms with Crippen LogP contribution in [-0.2, 0) is 4.74 Å². The quantitative estimate of drug-likeness (QED) is 0.765. The van der Waals surface area contributed by atoms with E-state index >= 15 is 0 Å². The molecule has 0 N–H and O–H groups in total. The number of aromatic nitrogens is 2. The van der Waals surface area contributed by atoms with Gasteiger partial charge in [0.1, 0.15) is 15.5 Å². The number of fused-ring (bicyclic) bond motifs is 1. The van der Waals surface area contributed by atoms with Gasteiger partial charge in [-0.05, 0) is 52.4 Å². The Labute approximate surface area is 157 Å². The largest absolute Gasteiger partial charge is 0.462 e. The van der Waals surface area contributed by atoms with E-state index in [1.54, 1.807) is 6.92 Å². The molecule has 0 amide bonds. The molecule has 3 heterocycles. The van der Waals surface area contributed by atoms with Gasteiger partial charge in [0.05, 0.1) is 12.0 Å². The van der Waals surface area contributed by atoms with E-state index < -0.39 is 0 Å². The van der Waals surface area contributed by atoms with Gasteiger partial charge in [-0.15, -0.1) is 11.3 Å². The van der Waals surface area contributed by atoms with Gasteiger partial charge in [-0.3, -0.25) is 9.36 Å². The highest BCUT2D eigenvalue weighted by molar-refractivity contribution is 7.20. The van der Waals surface area contributed by atoms with E-state index in [2.05, 4.69) is 25.8 Å². The molecule has 26 heavy (non-hydrogen) atoms. The predicted molar refractivity (Wildman–Crippen MR) is 104 cm³/mol. The van der Waals surface area contributed by atoms with E-state index in [0.29, 0.717) is 27.3 Å². The SMILES string of the molecule is CCOC(=O)c1sc2nc(C(C)C)n(C3CCN(C)CC3)c(=O)c2c1C. The molecule has 142 valence electrons. The number of carbonyl (C=O) groups is 1. The highest BCUT2D eigenvalue weighted by Gasteiger charge is 2.27. The minimum Gasteiger partial charge on any atom is -0.462 e. The molecular formula is C19H27N3O3S. The maximum Gasteiger partial charge on any atom is 0.348 e. The number of rotatable bonds is 4. The van der Waals surface area contributed by atoms with Crippen LogP contribution in [0.4, 0.5) is 0 Å². The standard InChI is InChI=1S/C19H27N3O3S/c1-6-25-19(24)15-12(4)14-17(26-15)20-16(11(2)3)22(18(14)23)13-7-9-21(5)10-8-13/h11,13H,6-10H2,1-5H3. The third kappa shape index (κ3) is 3.30. The second-order valence-electron chi connectivity index (χ2n) is 7.29. The van der Waals surface area contributed by atoms with E-state index in [9.17, 15) is 9.59 Å². The third-order valence-electron chi connectivity index (χ3n) is 5.05. The summed E-state index contributed by atoms with van der Waals surface area (Å²) in [4.78, 5) is 33.9. The summed E-state index contributed by atoms with van der Waals surface area (Å²) in [5.41, 5.74) is 0.676. The lowest BCUT2D eigenvalue weighted by atomic mass is 10.0. The lowest BCUT2D eigenvalue weighted by Crippen LogP contribution is -2.37. The molecule has 2 aromatic rings. The molecule has 7 heteroatoms. The number of nitrogens with zero attached hydrogens (tertiary/aromatic N) is 3. The average Bonchev–Trinajstić information content (AvgIpc) is 2.93. The predicted octanol–water partition coefficient (Wildman–Crippen LogP) is 3.33. The topological polar surface area (TPSA) is 64.4 Å². The summed E-state index contributed by atoms with van der Waals surface area (Å²) in [6.07, 6.45) is 1.88. The third-order valence-corrected chi connectivity index (χ3v) is 6.22. The Balaban J connectivity index is 2.19. The van der Waals surface area contributed by atoms with Crippen LogP contribution >= 0.6 is 11.3 Å². The first-order valence-electron chi connectivity index (χ1n) is 9.26. The van der Waals surface area contributed by atoms with Gasteiger partial charge in [0.2, 0.25) is 0 Å². The number of hydrogen-bond donors (Lipinski definition) is 0. The second-order valence-corrected chi connectivity index (χ2v) is 8.29. The van der Waals surface area contributed by atoms with Crippen molar-refractivity contribution in [3.63, 3.8) is 0 Å². The fourth-order valence-electron chi connectivity index (χ4n) is 3.62. The number of hydrogen-bond acceptors (Lipinski definition) is 6. The smallest absolute Gasteiger partial charge is 0.348 e. The Bertz CT molecular complexity index is 876. The molecule has 0 spiro atoms. The Morgan fingerprint density at radius 2 is 2.00 bits per heavy atom. The molecule has 2 aromatic heterocycles. The van der Waals surface area contributed by atoms with Crippen molar-refractivity contribution in [2.45, 2.75) is 52.5 Å². The van der Waals surface area contributed by atoms with Gasteiger partial charge >= 0.3 is 5.97 Å². The summed E-state index contributed by atoms with van der Waals surface area (Å²) in [6.45, 7) is 9.99. The van der Waals surface area contributed by atoms with Gasteiger partial charge in [0.25, 0.3) is 5.56 Å². The highest BCUT2D eigenvalue weighted by Crippen LogP contribution is 2.31. The molecule has 1 fully saturated rings. The van der Waals surface area contributed by atoms with Crippen LogP contribution in [0.15, 0.2) is 4.79 Å². The zero-order valence-corrected chi connectivity index (χ0v) is 17.0. The van der Waals surface area contributed by atoms with Gasteiger partial charge in [0.15, 0.2) is 0 Å². The van der Waals surface area contributed by atoms with Gasteiger partial charge in [0, 0.05) is 12.0 Å². The van der Waals surface area contributed by atoms with Crippen molar-refractivity contribution < 1.29 is 9.53 Å². The molecule has 0 aromatic carbocycles. The molecule has 3 rings (SSSR count). The molecule has 0 unspecified atom stereocenters. The summed E-state index contributed by atoms with van der Waals surface area (Å²) in [5, 5.41) is 0.571. The molecule has 0 aliphatic carbocycles. The molecule has 0 bridgehead atoms. The van der Waals surface area contributed by atoms with Crippen LogP contribution in [0.1, 0.15) is 66.6 Å². The summed E-state index contributed by atoms with van der Waals surface area (Å²) in [7, 11) is 2.11. The molecule has 0 atom stereocenters. The van der Waals surface area contributed by atoms with Crippen LogP contribution in [0.25, 0.3) is 10.2 Å². The number of esters is 1. The number of aryl methyl sites for hydroxylation is 1. The number of thiophene rings is 1. The minimum absolute atomic E-state index is 0.0162. The molecule has 0 saturated carbocycles. The summed E-state index contributed by atoms with van der Waals surface area (Å²) in [6, 6.07) is 0.165. The number of likely N-dealkylation sites (tertiary alicyclic amines) is 1. The van der Waals surface area contributed by atoms with Crippen molar-refractivity contribution in [3.8, 4) is 0 Å². The summed E-state index contributed by atoms with van der Waals surface area (Å²) in [5.74, 6) is 0.582. The van der Waals surface area contributed by atoms with Gasteiger partial charge in [-0.2, -0.15) is 0 Å². The lowest BCUT2D eigenvalue weighted by Gasteiger charge is -2.32. The van der Waals surface area contributed by atoms with Crippen LogP contribution in [0.5, 0.6) is 0 Å². The van der Waals surface area contributed by atoms with Crippen molar-refractivity contribution in [1.82, 2.24) is 14.5 Å². The second kappa shape index (κ2) is 7.48. The first-order chi connectivity index (χ1) is 12.3. The van der Waals surface area contributed by atoms with Gasteiger partial charge < -0.3 is 9.64 Å². The van der Waals surface area contributed by atoms with Crippen molar-refractivity contribution >= 4 is 27.5 Å². The van der Waals surface area contributed by atoms with Crippen LogP contribution in [0, 0.1) is 6.92 Å². The molecule has 1 aliphatic rings. The maximum atomic E-state index is 13.4. The highest BCUT2D eigenvalue weighted by atomic mass is 32.1. The maximum absolute atomic E-state index is 13.4. The average molecular weight is 378 g/mol. The van der Waals surface area contributed by atoms with Gasteiger partial charge in [-0.25, -0.2) is 9.78 Å². The van der Waals surface area contributed by atoms with Crippen LogP contribution in [-0.4, -0.2) is 47.2 Å². The van der Waals surface area contributed by atoms with Crippen molar-refractivity contribution in [2.75, 3.05) is 26.7 Å². The van der Waals surface area contributed by atoms with Crippen molar-refractivity contribution in [2.24, 2.45) is 0 Å². The minimum atomic E-state index is -0.371. The monoisotopic (exact) mass is 377 g/mol. The zero-order chi connectivity index (χ0) is 19.0. The van der Waals surface area contributed by atoms with E-state index in [1.165, 1.54) is 11.3 Å². The number of ether oxygens (including phenoxy) is 1. The van der Waals surface area contributed by atoms with Crippen LogP contribution < -0.4 is 5.56 Å². The normalized spacial score (nSPS) is 16.5. The van der Waals surface area contributed by atoms with Crippen molar-refractivity contribution in [3.05, 3.63) is 26.6 Å². The molecule has 1 aliphatic heterocycles. The Kier molecular flexibility index (Phi) is 5.48. The summed E-state index contributed by atoms with van der Waals surface area (Å²) < 4.78 is 7.04.